The molecule has 1 saturated carbocycles. The van der Waals surface area contributed by atoms with E-state index < -0.39 is 4.33 Å². The monoisotopic (exact) mass is 218 g/mol. The Hall–Kier alpha value is 0.150. The molecule has 0 radical (unpaired) electrons. The molecule has 3 heteroatoms. The second-order valence-corrected chi connectivity index (χ2v) is 5.17. The van der Waals surface area contributed by atoms with E-state index in [-0.39, 0.29) is 0 Å². The van der Waals surface area contributed by atoms with Crippen molar-refractivity contribution in [2.24, 2.45) is 0 Å². The maximum atomic E-state index is 5.93. The van der Waals surface area contributed by atoms with Crippen LogP contribution in [-0.2, 0) is 0 Å². The highest BCUT2D eigenvalue weighted by atomic mass is 35.5. The highest BCUT2D eigenvalue weighted by Crippen LogP contribution is 2.59. The standard InChI is InChI=1S/C9H8Cl2S/c10-9(11)5-8(9)6-2-1-3-7(12)4-6/h1-4,8,12H,5H2. The Balaban J connectivity index is 2.26. The Morgan fingerprint density at radius 3 is 2.58 bits per heavy atom. The van der Waals surface area contributed by atoms with Gasteiger partial charge >= 0.3 is 0 Å². The van der Waals surface area contributed by atoms with Gasteiger partial charge in [-0.2, -0.15) is 0 Å². The molecule has 1 aliphatic carbocycles. The lowest BCUT2D eigenvalue weighted by Crippen LogP contribution is -1.89. The predicted octanol–water partition coefficient (Wildman–Crippen LogP) is 3.64. The van der Waals surface area contributed by atoms with Gasteiger partial charge in [0.15, 0.2) is 0 Å². The first-order valence-electron chi connectivity index (χ1n) is 3.76. The van der Waals surface area contributed by atoms with E-state index in [9.17, 15) is 0 Å². The van der Waals surface area contributed by atoms with Gasteiger partial charge in [0.2, 0.25) is 0 Å². The minimum Gasteiger partial charge on any atom is -0.143 e. The van der Waals surface area contributed by atoms with Gasteiger partial charge in [-0.25, -0.2) is 0 Å². The summed E-state index contributed by atoms with van der Waals surface area (Å²) in [6, 6.07) is 7.97. The van der Waals surface area contributed by atoms with Crippen LogP contribution in [-0.4, -0.2) is 4.33 Å². The quantitative estimate of drug-likeness (QED) is 0.541. The fraction of sp³-hybridized carbons (Fsp3) is 0.333. The predicted molar refractivity (Wildman–Crippen MR) is 55.5 cm³/mol. The van der Waals surface area contributed by atoms with E-state index in [1.54, 1.807) is 0 Å². The third-order valence-corrected chi connectivity index (χ3v) is 3.21. The molecule has 1 atom stereocenters. The Bertz CT molecular complexity index is 309. The zero-order chi connectivity index (χ0) is 8.77. The van der Waals surface area contributed by atoms with Gasteiger partial charge in [-0.15, -0.1) is 35.8 Å². The van der Waals surface area contributed by atoms with Gasteiger partial charge in [0.1, 0.15) is 4.33 Å². The molecule has 1 unspecified atom stereocenters. The number of rotatable bonds is 1. The number of thiol groups is 1. The number of halogens is 2. The van der Waals surface area contributed by atoms with Crippen molar-refractivity contribution in [1.29, 1.82) is 0 Å². The Morgan fingerprint density at radius 2 is 2.08 bits per heavy atom. The van der Waals surface area contributed by atoms with Gasteiger partial charge in [0.25, 0.3) is 0 Å². The Kier molecular flexibility index (Phi) is 2.06. The Labute approximate surface area is 87.3 Å². The topological polar surface area (TPSA) is 0 Å². The van der Waals surface area contributed by atoms with E-state index in [0.717, 1.165) is 11.3 Å². The molecule has 12 heavy (non-hydrogen) atoms. The summed E-state index contributed by atoms with van der Waals surface area (Å²) in [6.07, 6.45) is 0.855. The van der Waals surface area contributed by atoms with Crippen molar-refractivity contribution in [3.8, 4) is 0 Å². The minimum atomic E-state index is -0.526. The van der Waals surface area contributed by atoms with Crippen LogP contribution in [0.3, 0.4) is 0 Å². The maximum absolute atomic E-state index is 5.93. The summed E-state index contributed by atoms with van der Waals surface area (Å²) in [5.41, 5.74) is 1.19. The summed E-state index contributed by atoms with van der Waals surface area (Å²) >= 11 is 16.1. The van der Waals surface area contributed by atoms with E-state index in [2.05, 4.69) is 12.6 Å². The first-order chi connectivity index (χ1) is 5.59. The van der Waals surface area contributed by atoms with E-state index in [1.165, 1.54) is 5.56 Å². The lowest BCUT2D eigenvalue weighted by Gasteiger charge is -2.00. The van der Waals surface area contributed by atoms with Gasteiger partial charge in [0, 0.05) is 10.8 Å². The maximum Gasteiger partial charge on any atom is 0.125 e. The number of benzene rings is 1. The van der Waals surface area contributed by atoms with E-state index in [1.807, 2.05) is 24.3 Å². The number of hydrogen-bond donors (Lipinski definition) is 1. The third kappa shape index (κ3) is 1.59. The fourth-order valence-electron chi connectivity index (χ4n) is 1.32. The average Bonchev–Trinajstić information content (AvgIpc) is 2.60. The van der Waals surface area contributed by atoms with Crippen molar-refractivity contribution in [1.82, 2.24) is 0 Å². The molecule has 0 aromatic heterocycles. The molecule has 2 rings (SSSR count). The van der Waals surface area contributed by atoms with Crippen molar-refractivity contribution < 1.29 is 0 Å². The zero-order valence-electron chi connectivity index (χ0n) is 6.30. The summed E-state index contributed by atoms with van der Waals surface area (Å²) < 4.78 is -0.526. The highest BCUT2D eigenvalue weighted by Gasteiger charge is 2.52. The Morgan fingerprint density at radius 1 is 1.42 bits per heavy atom. The van der Waals surface area contributed by atoms with Crippen molar-refractivity contribution in [2.75, 3.05) is 0 Å². The molecule has 1 aromatic rings. The first kappa shape index (κ1) is 8.74. The molecule has 1 aliphatic rings. The normalized spacial score (nSPS) is 25.4. The lowest BCUT2D eigenvalue weighted by atomic mass is 10.1. The first-order valence-corrected chi connectivity index (χ1v) is 4.97. The fourth-order valence-corrected chi connectivity index (χ4v) is 2.11. The van der Waals surface area contributed by atoms with Crippen LogP contribution in [0.4, 0.5) is 0 Å². The van der Waals surface area contributed by atoms with E-state index in [4.69, 9.17) is 23.2 Å². The molecule has 0 nitrogen and oxygen atoms in total. The molecule has 0 spiro atoms. The second-order valence-electron chi connectivity index (χ2n) is 3.11. The number of hydrogen-bond acceptors (Lipinski definition) is 1. The molecule has 1 aromatic carbocycles. The van der Waals surface area contributed by atoms with Gasteiger partial charge in [-0.1, -0.05) is 12.1 Å². The van der Waals surface area contributed by atoms with Crippen LogP contribution in [0.5, 0.6) is 0 Å². The molecule has 0 N–H and O–H groups in total. The average molecular weight is 219 g/mol. The summed E-state index contributed by atoms with van der Waals surface area (Å²) in [6.45, 7) is 0. The van der Waals surface area contributed by atoms with Gasteiger partial charge in [0.05, 0.1) is 0 Å². The number of alkyl halides is 2. The second kappa shape index (κ2) is 2.83. The van der Waals surface area contributed by atoms with Crippen LogP contribution in [0.25, 0.3) is 0 Å². The lowest BCUT2D eigenvalue weighted by molar-refractivity contribution is 1.09. The molecular formula is C9H8Cl2S. The third-order valence-electron chi connectivity index (χ3n) is 2.10. The largest absolute Gasteiger partial charge is 0.143 e. The smallest absolute Gasteiger partial charge is 0.125 e. The molecule has 0 amide bonds. The van der Waals surface area contributed by atoms with E-state index in [0.29, 0.717) is 5.92 Å². The van der Waals surface area contributed by atoms with Crippen LogP contribution in [0.2, 0.25) is 0 Å². The van der Waals surface area contributed by atoms with Crippen molar-refractivity contribution in [2.45, 2.75) is 21.6 Å². The van der Waals surface area contributed by atoms with Crippen LogP contribution in [0.15, 0.2) is 29.2 Å². The van der Waals surface area contributed by atoms with Crippen LogP contribution < -0.4 is 0 Å². The molecule has 0 aliphatic heterocycles. The van der Waals surface area contributed by atoms with Crippen LogP contribution in [0.1, 0.15) is 17.9 Å². The zero-order valence-corrected chi connectivity index (χ0v) is 8.70. The van der Waals surface area contributed by atoms with E-state index >= 15 is 0 Å². The molecule has 0 saturated heterocycles. The van der Waals surface area contributed by atoms with Gasteiger partial charge in [-0.3, -0.25) is 0 Å². The molecule has 0 bridgehead atoms. The molecule has 0 heterocycles. The molecular weight excluding hydrogens is 211 g/mol. The van der Waals surface area contributed by atoms with Gasteiger partial charge in [-0.05, 0) is 24.1 Å². The molecule has 64 valence electrons. The minimum absolute atomic E-state index is 0.299. The highest BCUT2D eigenvalue weighted by molar-refractivity contribution is 7.80. The van der Waals surface area contributed by atoms with Crippen LogP contribution >= 0.6 is 35.8 Å². The van der Waals surface area contributed by atoms with Crippen molar-refractivity contribution in [3.05, 3.63) is 29.8 Å². The van der Waals surface area contributed by atoms with Gasteiger partial charge < -0.3 is 0 Å². The summed E-state index contributed by atoms with van der Waals surface area (Å²) in [7, 11) is 0. The summed E-state index contributed by atoms with van der Waals surface area (Å²) in [4.78, 5) is 0.962. The summed E-state index contributed by atoms with van der Waals surface area (Å²) in [5.74, 6) is 0.299. The molecule has 1 fully saturated rings. The van der Waals surface area contributed by atoms with Crippen molar-refractivity contribution in [3.63, 3.8) is 0 Å². The van der Waals surface area contributed by atoms with Crippen molar-refractivity contribution >= 4 is 35.8 Å². The SMILES string of the molecule is Sc1cccc(C2CC2(Cl)Cl)c1. The summed E-state index contributed by atoms with van der Waals surface area (Å²) in [5, 5.41) is 0. The van der Waals surface area contributed by atoms with Crippen LogP contribution in [0, 0.1) is 0 Å².